The van der Waals surface area contributed by atoms with E-state index < -0.39 is 0 Å². The standard InChI is InChI=1S/C18H19IN2O/c19-16-5-3-4-15(12-16)18(22)20-13-14-6-8-17(9-7-14)21-10-1-2-11-21/h3-9,12H,1-2,10-11,13H2,(H,20,22). The van der Waals surface area contributed by atoms with Crippen molar-refractivity contribution in [3.05, 3.63) is 63.2 Å². The molecule has 3 nitrogen and oxygen atoms in total. The van der Waals surface area contributed by atoms with Gasteiger partial charge in [-0.15, -0.1) is 0 Å². The van der Waals surface area contributed by atoms with Crippen LogP contribution in [-0.2, 0) is 6.54 Å². The van der Waals surface area contributed by atoms with Gasteiger partial charge in [0.25, 0.3) is 5.91 Å². The van der Waals surface area contributed by atoms with Crippen molar-refractivity contribution < 1.29 is 4.79 Å². The van der Waals surface area contributed by atoms with Gasteiger partial charge in [-0.3, -0.25) is 4.79 Å². The molecule has 1 aliphatic heterocycles. The Balaban J connectivity index is 1.58. The number of carbonyl (C=O) groups excluding carboxylic acids is 1. The van der Waals surface area contributed by atoms with Crippen LogP contribution in [0, 0.1) is 3.57 Å². The summed E-state index contributed by atoms with van der Waals surface area (Å²) in [6.45, 7) is 2.87. The minimum atomic E-state index is -0.0258. The van der Waals surface area contributed by atoms with Crippen molar-refractivity contribution in [1.29, 1.82) is 0 Å². The monoisotopic (exact) mass is 406 g/mol. The first-order valence-corrected chi connectivity index (χ1v) is 8.68. The molecule has 0 radical (unpaired) electrons. The predicted octanol–water partition coefficient (Wildman–Crippen LogP) is 3.82. The zero-order valence-corrected chi connectivity index (χ0v) is 14.5. The van der Waals surface area contributed by atoms with E-state index in [-0.39, 0.29) is 5.91 Å². The number of nitrogens with one attached hydrogen (secondary N) is 1. The fourth-order valence-electron chi connectivity index (χ4n) is 2.71. The van der Waals surface area contributed by atoms with Crippen molar-refractivity contribution in [3.8, 4) is 0 Å². The summed E-state index contributed by atoms with van der Waals surface area (Å²) in [4.78, 5) is 14.5. The van der Waals surface area contributed by atoms with Gasteiger partial charge in [-0.2, -0.15) is 0 Å². The lowest BCUT2D eigenvalue weighted by atomic mass is 10.1. The van der Waals surface area contributed by atoms with E-state index in [0.29, 0.717) is 12.1 Å². The Morgan fingerprint density at radius 2 is 1.82 bits per heavy atom. The molecule has 1 heterocycles. The summed E-state index contributed by atoms with van der Waals surface area (Å²) in [6.07, 6.45) is 2.57. The zero-order chi connectivity index (χ0) is 15.4. The van der Waals surface area contributed by atoms with Crippen LogP contribution in [0.2, 0.25) is 0 Å². The number of hydrogen-bond acceptors (Lipinski definition) is 2. The Morgan fingerprint density at radius 3 is 2.50 bits per heavy atom. The highest BCUT2D eigenvalue weighted by Gasteiger charge is 2.12. The van der Waals surface area contributed by atoms with Gasteiger partial charge in [0.05, 0.1) is 0 Å². The van der Waals surface area contributed by atoms with Gasteiger partial charge in [0.1, 0.15) is 0 Å². The van der Waals surface area contributed by atoms with E-state index in [9.17, 15) is 4.79 Å². The fraction of sp³-hybridized carbons (Fsp3) is 0.278. The maximum atomic E-state index is 12.1. The summed E-state index contributed by atoms with van der Waals surface area (Å²) in [5.41, 5.74) is 3.12. The number of halogens is 1. The molecule has 2 aromatic carbocycles. The Morgan fingerprint density at radius 1 is 1.09 bits per heavy atom. The normalized spacial score (nSPS) is 14.1. The molecule has 0 saturated carbocycles. The molecule has 3 rings (SSSR count). The minimum Gasteiger partial charge on any atom is -0.372 e. The largest absolute Gasteiger partial charge is 0.372 e. The van der Waals surface area contributed by atoms with Crippen LogP contribution in [0.25, 0.3) is 0 Å². The number of rotatable bonds is 4. The van der Waals surface area contributed by atoms with E-state index in [1.165, 1.54) is 18.5 Å². The Labute approximate surface area is 144 Å². The van der Waals surface area contributed by atoms with E-state index in [4.69, 9.17) is 0 Å². The molecule has 2 aromatic rings. The van der Waals surface area contributed by atoms with E-state index in [1.807, 2.05) is 24.3 Å². The number of nitrogens with zero attached hydrogens (tertiary/aromatic N) is 1. The molecule has 1 saturated heterocycles. The van der Waals surface area contributed by atoms with Gasteiger partial charge < -0.3 is 10.2 Å². The second kappa shape index (κ2) is 7.13. The summed E-state index contributed by atoms with van der Waals surface area (Å²) in [5.74, 6) is -0.0258. The van der Waals surface area contributed by atoms with Crippen molar-refractivity contribution >= 4 is 34.2 Å². The zero-order valence-electron chi connectivity index (χ0n) is 12.4. The highest BCUT2D eigenvalue weighted by molar-refractivity contribution is 14.1. The van der Waals surface area contributed by atoms with Gasteiger partial charge in [-0.05, 0) is 71.3 Å². The topological polar surface area (TPSA) is 32.3 Å². The van der Waals surface area contributed by atoms with Crippen LogP contribution >= 0.6 is 22.6 Å². The van der Waals surface area contributed by atoms with Crippen molar-refractivity contribution in [3.63, 3.8) is 0 Å². The lowest BCUT2D eigenvalue weighted by Gasteiger charge is -2.17. The molecule has 1 aliphatic rings. The molecular formula is C18H19IN2O. The summed E-state index contributed by atoms with van der Waals surface area (Å²) in [6, 6.07) is 16.1. The smallest absolute Gasteiger partial charge is 0.251 e. The average Bonchev–Trinajstić information content (AvgIpc) is 3.07. The van der Waals surface area contributed by atoms with Crippen molar-refractivity contribution in [2.45, 2.75) is 19.4 Å². The third-order valence-corrected chi connectivity index (χ3v) is 4.62. The van der Waals surface area contributed by atoms with E-state index in [1.54, 1.807) is 0 Å². The number of anilines is 1. The molecule has 114 valence electrons. The van der Waals surface area contributed by atoms with Gasteiger partial charge >= 0.3 is 0 Å². The van der Waals surface area contributed by atoms with Crippen LogP contribution in [0.15, 0.2) is 48.5 Å². The molecule has 0 spiro atoms. The van der Waals surface area contributed by atoms with Gasteiger partial charge in [0, 0.05) is 34.5 Å². The average molecular weight is 406 g/mol. The molecule has 0 unspecified atom stereocenters. The van der Waals surface area contributed by atoms with Crippen LogP contribution in [0.4, 0.5) is 5.69 Å². The fourth-order valence-corrected chi connectivity index (χ4v) is 3.26. The highest BCUT2D eigenvalue weighted by Crippen LogP contribution is 2.20. The first-order chi connectivity index (χ1) is 10.7. The highest BCUT2D eigenvalue weighted by atomic mass is 127. The summed E-state index contributed by atoms with van der Waals surface area (Å²) >= 11 is 2.22. The molecule has 0 bridgehead atoms. The van der Waals surface area contributed by atoms with Crippen molar-refractivity contribution in [2.75, 3.05) is 18.0 Å². The SMILES string of the molecule is O=C(NCc1ccc(N2CCCC2)cc1)c1cccc(I)c1. The first-order valence-electron chi connectivity index (χ1n) is 7.60. The predicted molar refractivity (Wildman–Crippen MR) is 98.2 cm³/mol. The maximum absolute atomic E-state index is 12.1. The maximum Gasteiger partial charge on any atom is 0.251 e. The van der Waals surface area contributed by atoms with Crippen molar-refractivity contribution in [1.82, 2.24) is 5.32 Å². The molecule has 0 aliphatic carbocycles. The van der Waals surface area contributed by atoms with Gasteiger partial charge in [0.2, 0.25) is 0 Å². The molecule has 1 N–H and O–H groups in total. The number of carbonyl (C=O) groups is 1. The molecular weight excluding hydrogens is 387 g/mol. The second-order valence-electron chi connectivity index (χ2n) is 5.55. The number of amides is 1. The molecule has 0 aromatic heterocycles. The first kappa shape index (κ1) is 15.3. The molecule has 4 heteroatoms. The Kier molecular flexibility index (Phi) is 4.97. The molecule has 22 heavy (non-hydrogen) atoms. The van der Waals surface area contributed by atoms with Gasteiger partial charge in [-0.25, -0.2) is 0 Å². The number of hydrogen-bond donors (Lipinski definition) is 1. The summed E-state index contributed by atoms with van der Waals surface area (Å²) in [5, 5.41) is 2.98. The summed E-state index contributed by atoms with van der Waals surface area (Å²) in [7, 11) is 0. The summed E-state index contributed by atoms with van der Waals surface area (Å²) < 4.78 is 1.07. The van der Waals surface area contributed by atoms with Gasteiger partial charge in [0.15, 0.2) is 0 Å². The third-order valence-electron chi connectivity index (χ3n) is 3.95. The quantitative estimate of drug-likeness (QED) is 0.784. The number of benzene rings is 2. The van der Waals surface area contributed by atoms with Crippen molar-refractivity contribution in [2.24, 2.45) is 0 Å². The van der Waals surface area contributed by atoms with E-state index in [0.717, 1.165) is 22.2 Å². The molecule has 0 atom stereocenters. The Hall–Kier alpha value is -1.56. The van der Waals surface area contributed by atoms with Crippen LogP contribution in [-0.4, -0.2) is 19.0 Å². The molecule has 1 fully saturated rings. The lowest BCUT2D eigenvalue weighted by molar-refractivity contribution is 0.0951. The van der Waals surface area contributed by atoms with Crippen LogP contribution in [0.3, 0.4) is 0 Å². The second-order valence-corrected chi connectivity index (χ2v) is 6.80. The van der Waals surface area contributed by atoms with Gasteiger partial charge in [-0.1, -0.05) is 18.2 Å². The van der Waals surface area contributed by atoms with Crippen LogP contribution in [0.1, 0.15) is 28.8 Å². The molecule has 1 amide bonds. The van der Waals surface area contributed by atoms with Crippen LogP contribution < -0.4 is 10.2 Å². The third kappa shape index (κ3) is 3.80. The van der Waals surface area contributed by atoms with Crippen LogP contribution in [0.5, 0.6) is 0 Å². The Bertz CT molecular complexity index is 648. The van der Waals surface area contributed by atoms with E-state index >= 15 is 0 Å². The van der Waals surface area contributed by atoms with E-state index in [2.05, 4.69) is 57.1 Å². The minimum absolute atomic E-state index is 0.0258. The lowest BCUT2D eigenvalue weighted by Crippen LogP contribution is -2.23.